The zero-order valence-corrected chi connectivity index (χ0v) is 9.32. The summed E-state index contributed by atoms with van der Waals surface area (Å²) in [5.74, 6) is -0.198. The van der Waals surface area contributed by atoms with Crippen molar-refractivity contribution in [3.63, 3.8) is 0 Å². The summed E-state index contributed by atoms with van der Waals surface area (Å²) in [6.07, 6.45) is 1.70. The molecule has 1 saturated carbocycles. The standard InChI is InChI=1S/C9H12Cl2O2/c1-9(2)5(4-6(10)11)7(9)8(12)13-3/h4-5,7H,1-3H3/t5-,7+/m0/s1. The summed E-state index contributed by atoms with van der Waals surface area (Å²) < 4.78 is 4.88. The van der Waals surface area contributed by atoms with Gasteiger partial charge in [-0.2, -0.15) is 0 Å². The molecule has 1 fully saturated rings. The van der Waals surface area contributed by atoms with Crippen LogP contribution >= 0.6 is 23.2 Å². The van der Waals surface area contributed by atoms with E-state index in [1.165, 1.54) is 7.11 Å². The van der Waals surface area contributed by atoms with E-state index in [0.717, 1.165) is 0 Å². The predicted octanol–water partition coefficient (Wildman–Crippen LogP) is 2.75. The van der Waals surface area contributed by atoms with E-state index in [0.29, 0.717) is 0 Å². The zero-order chi connectivity index (χ0) is 10.2. The summed E-state index contributed by atoms with van der Waals surface area (Å²) >= 11 is 11.1. The molecule has 1 aliphatic carbocycles. The highest BCUT2D eigenvalue weighted by molar-refractivity contribution is 6.55. The van der Waals surface area contributed by atoms with Crippen molar-refractivity contribution in [3.05, 3.63) is 10.6 Å². The summed E-state index contributed by atoms with van der Waals surface area (Å²) in [7, 11) is 1.39. The summed E-state index contributed by atoms with van der Waals surface area (Å²) in [4.78, 5) is 11.2. The van der Waals surface area contributed by atoms with Gasteiger partial charge < -0.3 is 4.74 Å². The second-order valence-corrected chi connectivity index (χ2v) is 4.81. The normalized spacial score (nSPS) is 29.3. The fraction of sp³-hybridized carbons (Fsp3) is 0.667. The van der Waals surface area contributed by atoms with Crippen molar-refractivity contribution in [2.45, 2.75) is 13.8 Å². The van der Waals surface area contributed by atoms with Gasteiger partial charge in [0, 0.05) is 0 Å². The molecule has 13 heavy (non-hydrogen) atoms. The Balaban J connectivity index is 2.72. The Morgan fingerprint density at radius 2 is 2.00 bits per heavy atom. The molecular weight excluding hydrogens is 211 g/mol. The summed E-state index contributed by atoms with van der Waals surface area (Å²) in [5.41, 5.74) is -0.0812. The molecule has 0 aromatic heterocycles. The molecule has 1 rings (SSSR count). The van der Waals surface area contributed by atoms with E-state index in [9.17, 15) is 4.79 Å². The minimum atomic E-state index is -0.194. The fourth-order valence-electron chi connectivity index (χ4n) is 1.70. The molecule has 0 aromatic rings. The van der Waals surface area contributed by atoms with Crippen LogP contribution in [0.5, 0.6) is 0 Å². The van der Waals surface area contributed by atoms with Crippen molar-refractivity contribution < 1.29 is 9.53 Å². The third kappa shape index (κ3) is 2.00. The van der Waals surface area contributed by atoms with Crippen LogP contribution in [0.15, 0.2) is 10.6 Å². The van der Waals surface area contributed by atoms with E-state index in [-0.39, 0.29) is 27.7 Å². The van der Waals surface area contributed by atoms with Crippen LogP contribution in [0.4, 0.5) is 0 Å². The number of allylic oxidation sites excluding steroid dienone is 1. The molecule has 0 bridgehead atoms. The average molecular weight is 223 g/mol. The van der Waals surface area contributed by atoms with E-state index in [2.05, 4.69) is 4.74 Å². The van der Waals surface area contributed by atoms with Crippen molar-refractivity contribution in [1.29, 1.82) is 0 Å². The first-order valence-corrected chi connectivity index (χ1v) is 4.77. The van der Waals surface area contributed by atoms with Crippen molar-refractivity contribution in [2.24, 2.45) is 17.3 Å². The van der Waals surface area contributed by atoms with Crippen molar-refractivity contribution in [3.8, 4) is 0 Å². The highest BCUT2D eigenvalue weighted by Gasteiger charge is 2.61. The number of ether oxygens (including phenoxy) is 1. The summed E-state index contributed by atoms with van der Waals surface area (Å²) in [5, 5.41) is 0. The van der Waals surface area contributed by atoms with Crippen LogP contribution in [0.1, 0.15) is 13.8 Å². The van der Waals surface area contributed by atoms with Crippen LogP contribution in [0.3, 0.4) is 0 Å². The van der Waals surface area contributed by atoms with Gasteiger partial charge in [-0.15, -0.1) is 0 Å². The maximum atomic E-state index is 11.2. The number of methoxy groups -OCH3 is 1. The second-order valence-electron chi connectivity index (χ2n) is 3.80. The van der Waals surface area contributed by atoms with Crippen molar-refractivity contribution in [2.75, 3.05) is 7.11 Å². The largest absolute Gasteiger partial charge is 0.469 e. The van der Waals surface area contributed by atoms with Gasteiger partial charge >= 0.3 is 5.97 Å². The van der Waals surface area contributed by atoms with Crippen LogP contribution in [0.25, 0.3) is 0 Å². The first kappa shape index (κ1) is 10.9. The lowest BCUT2D eigenvalue weighted by molar-refractivity contribution is -0.143. The van der Waals surface area contributed by atoms with Gasteiger partial charge in [0.15, 0.2) is 0 Å². The molecule has 0 unspecified atom stereocenters. The molecule has 0 radical (unpaired) electrons. The molecule has 2 nitrogen and oxygen atoms in total. The van der Waals surface area contributed by atoms with E-state index in [4.69, 9.17) is 23.2 Å². The Morgan fingerprint density at radius 3 is 2.38 bits per heavy atom. The quantitative estimate of drug-likeness (QED) is 0.673. The SMILES string of the molecule is COC(=O)[C@H]1[C@H](C=C(Cl)Cl)C1(C)C. The molecule has 0 amide bonds. The van der Waals surface area contributed by atoms with E-state index in [1.54, 1.807) is 6.08 Å². The zero-order valence-electron chi connectivity index (χ0n) is 7.80. The lowest BCUT2D eigenvalue weighted by atomic mass is 10.1. The van der Waals surface area contributed by atoms with E-state index >= 15 is 0 Å². The lowest BCUT2D eigenvalue weighted by Gasteiger charge is -1.98. The Morgan fingerprint density at radius 1 is 1.46 bits per heavy atom. The van der Waals surface area contributed by atoms with Crippen LogP contribution in [0, 0.1) is 17.3 Å². The number of rotatable bonds is 2. The third-order valence-corrected chi connectivity index (χ3v) is 2.92. The Bertz CT molecular complexity index is 254. The molecule has 1 aliphatic rings. The molecule has 0 aromatic carbocycles. The summed E-state index contributed by atoms with van der Waals surface area (Å²) in [6.45, 7) is 3.99. The number of hydrogen-bond donors (Lipinski definition) is 0. The first-order chi connectivity index (χ1) is 5.91. The number of carbonyl (C=O) groups is 1. The molecular formula is C9H12Cl2O2. The Kier molecular flexibility index (Phi) is 2.93. The monoisotopic (exact) mass is 222 g/mol. The Hall–Kier alpha value is -0.210. The molecule has 74 valence electrons. The number of halogens is 2. The van der Waals surface area contributed by atoms with Gasteiger partial charge in [-0.1, -0.05) is 37.0 Å². The number of esters is 1. The highest BCUT2D eigenvalue weighted by Crippen LogP contribution is 2.60. The second kappa shape index (κ2) is 3.50. The molecule has 0 spiro atoms. The van der Waals surface area contributed by atoms with Crippen LogP contribution in [0.2, 0.25) is 0 Å². The maximum Gasteiger partial charge on any atom is 0.309 e. The van der Waals surface area contributed by atoms with Gasteiger partial charge in [-0.05, 0) is 17.4 Å². The van der Waals surface area contributed by atoms with Crippen LogP contribution in [-0.4, -0.2) is 13.1 Å². The molecule has 4 heteroatoms. The molecule has 0 heterocycles. The van der Waals surface area contributed by atoms with Gasteiger partial charge in [-0.25, -0.2) is 0 Å². The fourth-order valence-corrected chi connectivity index (χ4v) is 1.97. The topological polar surface area (TPSA) is 26.3 Å². The van der Waals surface area contributed by atoms with Crippen LogP contribution in [-0.2, 0) is 9.53 Å². The smallest absolute Gasteiger partial charge is 0.309 e. The van der Waals surface area contributed by atoms with Gasteiger partial charge in [0.1, 0.15) is 4.49 Å². The van der Waals surface area contributed by atoms with E-state index < -0.39 is 0 Å². The predicted molar refractivity (Wildman–Crippen MR) is 52.6 cm³/mol. The molecule has 0 N–H and O–H groups in total. The number of hydrogen-bond acceptors (Lipinski definition) is 2. The van der Waals surface area contributed by atoms with Gasteiger partial charge in [0.05, 0.1) is 13.0 Å². The minimum absolute atomic E-state index is 0.0812. The summed E-state index contributed by atoms with van der Waals surface area (Å²) in [6, 6.07) is 0. The van der Waals surface area contributed by atoms with Crippen molar-refractivity contribution >= 4 is 29.2 Å². The van der Waals surface area contributed by atoms with E-state index in [1.807, 2.05) is 13.8 Å². The number of carbonyl (C=O) groups excluding carboxylic acids is 1. The first-order valence-electron chi connectivity index (χ1n) is 4.02. The molecule has 2 atom stereocenters. The van der Waals surface area contributed by atoms with Gasteiger partial charge in [-0.3, -0.25) is 4.79 Å². The van der Waals surface area contributed by atoms with Crippen LogP contribution < -0.4 is 0 Å². The highest BCUT2D eigenvalue weighted by atomic mass is 35.5. The van der Waals surface area contributed by atoms with Crippen molar-refractivity contribution in [1.82, 2.24) is 0 Å². The third-order valence-electron chi connectivity index (χ3n) is 2.67. The minimum Gasteiger partial charge on any atom is -0.469 e. The molecule has 0 aliphatic heterocycles. The van der Waals surface area contributed by atoms with Gasteiger partial charge in [0.2, 0.25) is 0 Å². The maximum absolute atomic E-state index is 11.2. The lowest BCUT2D eigenvalue weighted by Crippen LogP contribution is -2.07. The average Bonchev–Trinajstić information content (AvgIpc) is 2.51. The van der Waals surface area contributed by atoms with Gasteiger partial charge in [0.25, 0.3) is 0 Å². The molecule has 0 saturated heterocycles. The Labute approximate surface area is 87.8 Å².